The van der Waals surface area contributed by atoms with Crippen LogP contribution in [0.15, 0.2) is 0 Å². The van der Waals surface area contributed by atoms with Crippen molar-refractivity contribution in [2.24, 2.45) is 0 Å². The van der Waals surface area contributed by atoms with E-state index in [0.29, 0.717) is 0 Å². The van der Waals surface area contributed by atoms with Gasteiger partial charge in [-0.05, 0) is 46.1 Å². The Labute approximate surface area is 111 Å². The molecule has 0 radical (unpaired) electrons. The van der Waals surface area contributed by atoms with Crippen molar-refractivity contribution in [3.8, 4) is 0 Å². The van der Waals surface area contributed by atoms with Crippen LogP contribution in [0, 0.1) is 0 Å². The largest absolute Gasteiger partial charge is 0.436 e. The molecule has 0 rings (SSSR count). The van der Waals surface area contributed by atoms with Crippen LogP contribution in [0.1, 0.15) is 20.3 Å². The maximum Gasteiger partial charge on any atom is 0.321 e. The minimum atomic E-state index is -2.01. The van der Waals surface area contributed by atoms with Gasteiger partial charge in [-0.2, -0.15) is 0 Å². The molecule has 5 heteroatoms. The van der Waals surface area contributed by atoms with E-state index < -0.39 is 25.0 Å². The summed E-state index contributed by atoms with van der Waals surface area (Å²) < 4.78 is 12.8. The minimum Gasteiger partial charge on any atom is -0.436 e. The fourth-order valence-corrected chi connectivity index (χ4v) is 12.4. The van der Waals surface area contributed by atoms with Crippen molar-refractivity contribution >= 4 is 25.0 Å². The first-order valence-corrected chi connectivity index (χ1v) is 16.4. The van der Waals surface area contributed by atoms with Crippen molar-refractivity contribution in [3.05, 3.63) is 0 Å². The van der Waals surface area contributed by atoms with Gasteiger partial charge in [0.25, 0.3) is 0 Å². The van der Waals surface area contributed by atoms with E-state index in [1.165, 1.54) is 0 Å². The third kappa shape index (κ3) is 5.83. The lowest BCUT2D eigenvalue weighted by Crippen LogP contribution is -2.59. The smallest absolute Gasteiger partial charge is 0.321 e. The van der Waals surface area contributed by atoms with Gasteiger partial charge in [0.05, 0.1) is 8.07 Å². The summed E-state index contributed by atoms with van der Waals surface area (Å²) in [6.07, 6.45) is 1.08. The molecule has 0 amide bonds. The molecule has 0 aliphatic carbocycles. The van der Waals surface area contributed by atoms with Crippen LogP contribution in [0.3, 0.4) is 0 Å². The number of rotatable bonds is 6. The van der Waals surface area contributed by atoms with Crippen LogP contribution in [-0.2, 0) is 8.54 Å². The third-order valence-electron chi connectivity index (χ3n) is 3.28. The Hall–Kier alpha value is 0.571. The quantitative estimate of drug-likeness (QED) is 0.666. The molecule has 0 spiro atoms. The molecule has 104 valence electrons. The average Bonchev–Trinajstić information content (AvgIpc) is 1.95. The van der Waals surface area contributed by atoms with Gasteiger partial charge in [-0.25, -0.2) is 0 Å². The second-order valence-electron chi connectivity index (χ2n) is 7.55. The van der Waals surface area contributed by atoms with Crippen LogP contribution < -0.4 is 0 Å². The van der Waals surface area contributed by atoms with Crippen LogP contribution in [0.25, 0.3) is 0 Å². The van der Waals surface area contributed by atoms with Gasteiger partial charge in [0, 0.05) is 5.22 Å². The van der Waals surface area contributed by atoms with Gasteiger partial charge in [0.2, 0.25) is 0 Å². The van der Waals surface area contributed by atoms with Crippen LogP contribution in [0.2, 0.25) is 52.4 Å². The fraction of sp³-hybridized carbons (Fsp3) is 1.00. The van der Waals surface area contributed by atoms with E-state index in [1.807, 2.05) is 0 Å². The Kier molecular flexibility index (Phi) is 5.46. The summed E-state index contributed by atoms with van der Waals surface area (Å²) in [6.45, 7) is 22.8. The lowest BCUT2D eigenvalue weighted by atomic mass is 10.3. The van der Waals surface area contributed by atoms with Gasteiger partial charge in [0.15, 0.2) is 8.32 Å². The highest BCUT2D eigenvalue weighted by Crippen LogP contribution is 2.32. The van der Waals surface area contributed by atoms with Crippen molar-refractivity contribution < 1.29 is 8.54 Å². The summed E-state index contributed by atoms with van der Waals surface area (Å²) in [4.78, 5) is 0. The summed E-state index contributed by atoms with van der Waals surface area (Å²) in [5.41, 5.74) is 0. The molecule has 0 aliphatic rings. The van der Waals surface area contributed by atoms with Gasteiger partial charge in [-0.3, -0.25) is 0 Å². The molecule has 0 saturated heterocycles. The van der Waals surface area contributed by atoms with Crippen molar-refractivity contribution in [1.82, 2.24) is 0 Å². The van der Waals surface area contributed by atoms with E-state index in [9.17, 15) is 0 Å². The third-order valence-corrected chi connectivity index (χ3v) is 12.5. The van der Waals surface area contributed by atoms with Gasteiger partial charge in [-0.1, -0.05) is 26.6 Å². The van der Waals surface area contributed by atoms with Crippen molar-refractivity contribution in [2.75, 3.05) is 0 Å². The molecule has 1 atom stereocenters. The highest BCUT2D eigenvalue weighted by molar-refractivity contribution is 6.83. The zero-order valence-electron chi connectivity index (χ0n) is 13.5. The Morgan fingerprint density at radius 2 is 1.29 bits per heavy atom. The van der Waals surface area contributed by atoms with E-state index in [1.54, 1.807) is 0 Å². The van der Waals surface area contributed by atoms with Crippen molar-refractivity contribution in [3.63, 3.8) is 0 Å². The molecule has 0 N–H and O–H groups in total. The first-order chi connectivity index (χ1) is 7.22. The standard InChI is InChI=1S/C12H32O2Si3/c1-11-12(2,15(3,4)5)13-17(9,10)14-16(6,7)8/h11H2,1-10H3. The first-order valence-electron chi connectivity index (χ1n) is 6.63. The summed E-state index contributed by atoms with van der Waals surface area (Å²) in [5, 5.41) is 0.0301. The van der Waals surface area contributed by atoms with Crippen LogP contribution in [0.4, 0.5) is 0 Å². The second kappa shape index (κ2) is 5.29. The predicted molar refractivity (Wildman–Crippen MR) is 85.0 cm³/mol. The molecule has 0 bridgehead atoms. The van der Waals surface area contributed by atoms with E-state index in [2.05, 4.69) is 66.2 Å². The lowest BCUT2D eigenvalue weighted by molar-refractivity contribution is 0.118. The normalized spacial score (nSPS) is 18.0. The molecular weight excluding hydrogens is 260 g/mol. The summed E-state index contributed by atoms with van der Waals surface area (Å²) in [7, 11) is -4.87. The van der Waals surface area contributed by atoms with E-state index >= 15 is 0 Å². The van der Waals surface area contributed by atoms with Crippen molar-refractivity contribution in [1.29, 1.82) is 0 Å². The molecule has 0 fully saturated rings. The number of hydrogen-bond donors (Lipinski definition) is 0. The topological polar surface area (TPSA) is 18.5 Å². The Morgan fingerprint density at radius 3 is 1.53 bits per heavy atom. The molecule has 2 nitrogen and oxygen atoms in total. The molecule has 0 heterocycles. The zero-order valence-corrected chi connectivity index (χ0v) is 16.5. The maximum absolute atomic E-state index is 6.53. The average molecular weight is 293 g/mol. The summed E-state index contributed by atoms with van der Waals surface area (Å²) >= 11 is 0. The molecule has 0 aliphatic heterocycles. The van der Waals surface area contributed by atoms with E-state index in [4.69, 9.17) is 8.54 Å². The Morgan fingerprint density at radius 1 is 0.882 bits per heavy atom. The Bertz CT molecular complexity index is 253. The lowest BCUT2D eigenvalue weighted by Gasteiger charge is -2.46. The molecule has 0 aromatic rings. The molecular formula is C12H32O2Si3. The van der Waals surface area contributed by atoms with Gasteiger partial charge in [-0.15, -0.1) is 0 Å². The Balaban J connectivity index is 4.91. The molecule has 17 heavy (non-hydrogen) atoms. The summed E-state index contributed by atoms with van der Waals surface area (Å²) in [6, 6.07) is 0. The predicted octanol–water partition coefficient (Wildman–Crippen LogP) is 4.60. The van der Waals surface area contributed by atoms with Gasteiger partial charge < -0.3 is 8.54 Å². The van der Waals surface area contributed by atoms with E-state index in [0.717, 1.165) is 6.42 Å². The molecule has 0 aromatic heterocycles. The molecule has 1 unspecified atom stereocenters. The van der Waals surface area contributed by atoms with E-state index in [-0.39, 0.29) is 5.22 Å². The van der Waals surface area contributed by atoms with Crippen molar-refractivity contribution in [2.45, 2.75) is 77.9 Å². The summed E-state index contributed by atoms with van der Waals surface area (Å²) in [5.74, 6) is 0. The van der Waals surface area contributed by atoms with Gasteiger partial charge in [0.1, 0.15) is 0 Å². The first kappa shape index (κ1) is 17.6. The number of hydrogen-bond acceptors (Lipinski definition) is 2. The van der Waals surface area contributed by atoms with Crippen LogP contribution in [0.5, 0.6) is 0 Å². The molecule has 0 saturated carbocycles. The maximum atomic E-state index is 6.53. The highest BCUT2D eigenvalue weighted by atomic mass is 28.4. The zero-order chi connectivity index (χ0) is 14.1. The monoisotopic (exact) mass is 292 g/mol. The highest BCUT2D eigenvalue weighted by Gasteiger charge is 2.45. The fourth-order valence-electron chi connectivity index (χ4n) is 2.06. The van der Waals surface area contributed by atoms with Crippen LogP contribution in [-0.4, -0.2) is 30.2 Å². The molecule has 0 aromatic carbocycles. The van der Waals surface area contributed by atoms with Gasteiger partial charge >= 0.3 is 8.56 Å². The SMILES string of the molecule is CCC(C)(O[Si](C)(C)O[Si](C)(C)C)[Si](C)(C)C. The van der Waals surface area contributed by atoms with Crippen LogP contribution >= 0.6 is 0 Å². The minimum absolute atomic E-state index is 0.0301. The second-order valence-corrected chi connectivity index (χ2v) is 21.2.